The van der Waals surface area contributed by atoms with Crippen molar-refractivity contribution in [2.24, 2.45) is 0 Å². The van der Waals surface area contributed by atoms with Gasteiger partial charge in [-0.1, -0.05) is 18.2 Å². The Morgan fingerprint density at radius 2 is 1.76 bits per heavy atom. The van der Waals surface area contributed by atoms with Gasteiger partial charge in [-0.25, -0.2) is 0 Å². The second-order valence-electron chi connectivity index (χ2n) is 7.53. The van der Waals surface area contributed by atoms with Gasteiger partial charge in [0.25, 0.3) is 5.91 Å². The molecule has 0 spiro atoms. The zero-order chi connectivity index (χ0) is 23.3. The van der Waals surface area contributed by atoms with Crippen molar-refractivity contribution in [2.75, 3.05) is 77.9 Å². The number of hydrogen-bond donors (Lipinski definition) is 1. The molecule has 8 heteroatoms. The van der Waals surface area contributed by atoms with Gasteiger partial charge in [-0.05, 0) is 40.6 Å². The maximum Gasteiger partial charge on any atom is 0.262 e. The number of morpholine rings is 1. The molecule has 0 radical (unpaired) electrons. The first-order valence-corrected chi connectivity index (χ1v) is 11.1. The number of carbonyl (C=O) groups excluding carboxylic acids is 1. The van der Waals surface area contributed by atoms with Crippen LogP contribution in [0.1, 0.15) is 5.56 Å². The largest absolute Gasteiger partial charge is 0.382 e. The van der Waals surface area contributed by atoms with Crippen molar-refractivity contribution in [3.05, 3.63) is 47.5 Å². The molecule has 0 unspecified atom stereocenters. The summed E-state index contributed by atoms with van der Waals surface area (Å²) in [6.07, 6.45) is 1.61. The van der Waals surface area contributed by atoms with E-state index >= 15 is 0 Å². The number of hydrogen-bond acceptors (Lipinski definition) is 7. The smallest absolute Gasteiger partial charge is 0.262 e. The van der Waals surface area contributed by atoms with Gasteiger partial charge in [0.05, 0.1) is 46.2 Å². The third-order valence-electron chi connectivity index (χ3n) is 5.24. The number of nitriles is 1. The summed E-state index contributed by atoms with van der Waals surface area (Å²) in [6.45, 7) is 5.91. The van der Waals surface area contributed by atoms with E-state index in [0.29, 0.717) is 39.6 Å². The molecule has 1 amide bonds. The molecular weight excluding hydrogens is 422 g/mol. The number of amides is 1. The van der Waals surface area contributed by atoms with Crippen LogP contribution in [0.15, 0.2) is 42.0 Å². The van der Waals surface area contributed by atoms with Crippen molar-refractivity contribution in [3.63, 3.8) is 0 Å². The minimum absolute atomic E-state index is 0.0576. The average Bonchev–Trinajstić information content (AvgIpc) is 2.86. The Kier molecular flexibility index (Phi) is 10.1. The Morgan fingerprint density at radius 1 is 1.06 bits per heavy atom. The molecule has 2 aromatic carbocycles. The second-order valence-corrected chi connectivity index (χ2v) is 7.53. The van der Waals surface area contributed by atoms with Gasteiger partial charge < -0.3 is 29.2 Å². The Bertz CT molecular complexity index is 980. The molecule has 0 aliphatic carbocycles. The number of carbonyl (C=O) groups is 1. The van der Waals surface area contributed by atoms with Gasteiger partial charge in [0.15, 0.2) is 0 Å². The number of fused-ring (bicyclic) bond motifs is 1. The number of anilines is 1. The van der Waals surface area contributed by atoms with Gasteiger partial charge >= 0.3 is 0 Å². The molecule has 1 saturated heterocycles. The molecule has 8 nitrogen and oxygen atoms in total. The van der Waals surface area contributed by atoms with Gasteiger partial charge in [0.1, 0.15) is 11.6 Å². The summed E-state index contributed by atoms with van der Waals surface area (Å²) in [4.78, 5) is 14.7. The van der Waals surface area contributed by atoms with E-state index in [2.05, 4.69) is 28.4 Å². The minimum Gasteiger partial charge on any atom is -0.382 e. The average molecular weight is 454 g/mol. The van der Waals surface area contributed by atoms with E-state index in [-0.39, 0.29) is 5.57 Å². The lowest BCUT2D eigenvalue weighted by molar-refractivity contribution is -0.117. The van der Waals surface area contributed by atoms with Crippen molar-refractivity contribution in [1.29, 1.82) is 5.26 Å². The monoisotopic (exact) mass is 453 g/mol. The summed E-state index contributed by atoms with van der Waals surface area (Å²) in [7, 11) is 1.62. The minimum atomic E-state index is -0.416. The van der Waals surface area contributed by atoms with Crippen LogP contribution in [0.3, 0.4) is 0 Å². The Balaban J connectivity index is 1.51. The molecule has 1 aliphatic heterocycles. The number of methoxy groups -OCH3 is 1. The number of nitrogens with one attached hydrogen (secondary N) is 1. The zero-order valence-corrected chi connectivity index (χ0v) is 19.0. The van der Waals surface area contributed by atoms with Gasteiger partial charge in [-0.15, -0.1) is 0 Å². The van der Waals surface area contributed by atoms with E-state index in [0.717, 1.165) is 42.6 Å². The summed E-state index contributed by atoms with van der Waals surface area (Å²) < 4.78 is 21.0. The van der Waals surface area contributed by atoms with Gasteiger partial charge in [-0.3, -0.25) is 4.79 Å². The third kappa shape index (κ3) is 7.84. The van der Waals surface area contributed by atoms with Crippen molar-refractivity contribution >= 4 is 28.4 Å². The summed E-state index contributed by atoms with van der Waals surface area (Å²) in [6, 6.07) is 14.2. The highest BCUT2D eigenvalue weighted by Gasteiger charge is 2.12. The third-order valence-corrected chi connectivity index (χ3v) is 5.24. The Hall–Kier alpha value is -2.96. The van der Waals surface area contributed by atoms with Crippen LogP contribution >= 0.6 is 0 Å². The van der Waals surface area contributed by atoms with E-state index < -0.39 is 5.91 Å². The van der Waals surface area contributed by atoms with E-state index in [4.69, 9.17) is 18.9 Å². The predicted molar refractivity (Wildman–Crippen MR) is 127 cm³/mol. The summed E-state index contributed by atoms with van der Waals surface area (Å²) in [5, 5.41) is 14.3. The molecule has 0 saturated carbocycles. The van der Waals surface area contributed by atoms with Gasteiger partial charge in [-0.2, -0.15) is 5.26 Å². The van der Waals surface area contributed by atoms with E-state index in [1.165, 1.54) is 5.69 Å². The van der Waals surface area contributed by atoms with Gasteiger partial charge in [0, 0.05) is 32.4 Å². The SMILES string of the molecule is COCCOCCOCCNC(=O)/C(C#N)=C/c1ccc2cc(N3CCOCC3)ccc2c1. The molecule has 3 rings (SSSR count). The lowest BCUT2D eigenvalue weighted by Gasteiger charge is -2.29. The highest BCUT2D eigenvalue weighted by atomic mass is 16.5. The number of ether oxygens (including phenoxy) is 4. The topological polar surface area (TPSA) is 93.0 Å². The fourth-order valence-corrected chi connectivity index (χ4v) is 3.47. The molecule has 0 atom stereocenters. The number of rotatable bonds is 12. The standard InChI is InChI=1S/C25H31N3O5/c1-30-12-13-33-15-14-31-9-6-27-25(29)23(19-26)17-20-2-3-22-18-24(5-4-21(22)16-20)28-7-10-32-11-8-28/h2-5,16-18H,6-15H2,1H3,(H,27,29)/b23-17+. The second kappa shape index (κ2) is 13.6. The fraction of sp³-hybridized carbons (Fsp3) is 0.440. The number of benzene rings is 2. The summed E-state index contributed by atoms with van der Waals surface area (Å²) in [5.74, 6) is -0.416. The molecule has 1 heterocycles. The quantitative estimate of drug-likeness (QED) is 0.300. The van der Waals surface area contributed by atoms with E-state index in [9.17, 15) is 10.1 Å². The van der Waals surface area contributed by atoms with Crippen LogP contribution in [0.2, 0.25) is 0 Å². The van der Waals surface area contributed by atoms with Crippen molar-refractivity contribution < 1.29 is 23.7 Å². The maximum absolute atomic E-state index is 12.4. The first-order chi connectivity index (χ1) is 16.2. The predicted octanol–water partition coefficient (Wildman–Crippen LogP) is 2.38. The Labute approximate surface area is 194 Å². The lowest BCUT2D eigenvalue weighted by Crippen LogP contribution is -2.36. The molecule has 0 bridgehead atoms. The van der Waals surface area contributed by atoms with Crippen LogP contribution in [-0.2, 0) is 23.7 Å². The van der Waals surface area contributed by atoms with Gasteiger partial charge in [0.2, 0.25) is 0 Å². The molecule has 1 N–H and O–H groups in total. The molecule has 1 aliphatic rings. The molecule has 0 aromatic heterocycles. The number of nitrogens with zero attached hydrogens (tertiary/aromatic N) is 2. The highest BCUT2D eigenvalue weighted by Crippen LogP contribution is 2.24. The fourth-order valence-electron chi connectivity index (χ4n) is 3.47. The molecule has 176 valence electrons. The summed E-state index contributed by atoms with van der Waals surface area (Å²) in [5.41, 5.74) is 2.04. The van der Waals surface area contributed by atoms with Crippen molar-refractivity contribution in [2.45, 2.75) is 0 Å². The maximum atomic E-state index is 12.4. The Morgan fingerprint density at radius 3 is 2.52 bits per heavy atom. The highest BCUT2D eigenvalue weighted by molar-refractivity contribution is 6.02. The van der Waals surface area contributed by atoms with Crippen LogP contribution < -0.4 is 10.2 Å². The van der Waals surface area contributed by atoms with Crippen LogP contribution in [0.25, 0.3) is 16.8 Å². The molecule has 33 heavy (non-hydrogen) atoms. The van der Waals surface area contributed by atoms with E-state index in [1.807, 2.05) is 24.3 Å². The van der Waals surface area contributed by atoms with Crippen LogP contribution in [0.4, 0.5) is 5.69 Å². The van der Waals surface area contributed by atoms with Crippen LogP contribution in [0.5, 0.6) is 0 Å². The first kappa shape index (κ1) is 24.7. The van der Waals surface area contributed by atoms with Crippen LogP contribution in [0, 0.1) is 11.3 Å². The van der Waals surface area contributed by atoms with Crippen LogP contribution in [-0.4, -0.2) is 78.9 Å². The van der Waals surface area contributed by atoms with Crippen molar-refractivity contribution in [1.82, 2.24) is 5.32 Å². The van der Waals surface area contributed by atoms with E-state index in [1.54, 1.807) is 13.2 Å². The lowest BCUT2D eigenvalue weighted by atomic mass is 10.0. The zero-order valence-electron chi connectivity index (χ0n) is 19.0. The molecule has 1 fully saturated rings. The van der Waals surface area contributed by atoms with Crippen molar-refractivity contribution in [3.8, 4) is 6.07 Å². The summed E-state index contributed by atoms with van der Waals surface area (Å²) >= 11 is 0. The first-order valence-electron chi connectivity index (χ1n) is 11.1. The molecule has 2 aromatic rings. The normalized spacial score (nSPS) is 14.3. The molecular formula is C25H31N3O5.